The number of benzene rings is 2. The van der Waals surface area contributed by atoms with Crippen molar-refractivity contribution in [3.05, 3.63) is 59.8 Å². The molecular weight excluding hydrogens is 302 g/mol. The van der Waals surface area contributed by atoms with Crippen LogP contribution in [0, 0.1) is 6.92 Å². The molecule has 0 aliphatic carbocycles. The molecule has 1 aromatic heterocycles. The summed E-state index contributed by atoms with van der Waals surface area (Å²) < 4.78 is 10.7. The van der Waals surface area contributed by atoms with Crippen LogP contribution < -0.4 is 14.9 Å². The molecule has 3 rings (SSSR count). The number of rotatable bonds is 5. The summed E-state index contributed by atoms with van der Waals surface area (Å²) in [5, 5.41) is 5.37. The highest BCUT2D eigenvalue weighted by Gasteiger charge is 2.07. The molecule has 0 fully saturated rings. The summed E-state index contributed by atoms with van der Waals surface area (Å²) >= 11 is 0. The standard InChI is InChI=1S/C19H19N3O2/c1-13-11-17(15-8-4-5-9-16(15)21-13)22-20-12-14-7-6-10-18(23-2)19(14)24-3/h4-12H,1-3H3,(H,21,22)/b20-12+. The third-order valence-electron chi connectivity index (χ3n) is 3.67. The van der Waals surface area contributed by atoms with Gasteiger partial charge in [0.05, 0.1) is 31.6 Å². The van der Waals surface area contributed by atoms with Crippen molar-refractivity contribution in [3.8, 4) is 11.5 Å². The van der Waals surface area contributed by atoms with Crippen LogP contribution in [0.1, 0.15) is 11.3 Å². The van der Waals surface area contributed by atoms with Crippen LogP contribution in [0.4, 0.5) is 5.69 Å². The summed E-state index contributed by atoms with van der Waals surface area (Å²) in [6, 6.07) is 15.6. The van der Waals surface area contributed by atoms with Gasteiger partial charge in [-0.1, -0.05) is 24.3 Å². The van der Waals surface area contributed by atoms with Crippen molar-refractivity contribution in [1.82, 2.24) is 4.98 Å². The van der Waals surface area contributed by atoms with Crippen LogP contribution >= 0.6 is 0 Å². The van der Waals surface area contributed by atoms with E-state index in [1.807, 2.05) is 55.5 Å². The van der Waals surface area contributed by atoms with Crippen molar-refractivity contribution in [3.63, 3.8) is 0 Å². The van der Waals surface area contributed by atoms with Gasteiger partial charge in [-0.3, -0.25) is 10.4 Å². The normalized spacial score (nSPS) is 11.0. The lowest BCUT2D eigenvalue weighted by Gasteiger charge is -2.10. The van der Waals surface area contributed by atoms with E-state index in [4.69, 9.17) is 9.47 Å². The molecular formula is C19H19N3O2. The zero-order valence-corrected chi connectivity index (χ0v) is 13.9. The van der Waals surface area contributed by atoms with E-state index in [1.54, 1.807) is 20.4 Å². The second kappa shape index (κ2) is 7.00. The molecule has 0 radical (unpaired) electrons. The van der Waals surface area contributed by atoms with E-state index in [0.717, 1.165) is 27.8 Å². The molecule has 5 nitrogen and oxygen atoms in total. The number of ether oxygens (including phenoxy) is 2. The van der Waals surface area contributed by atoms with Gasteiger partial charge >= 0.3 is 0 Å². The maximum absolute atomic E-state index is 5.41. The summed E-state index contributed by atoms with van der Waals surface area (Å²) in [4.78, 5) is 4.52. The van der Waals surface area contributed by atoms with Crippen LogP contribution in [0.3, 0.4) is 0 Å². The molecule has 2 aromatic carbocycles. The van der Waals surface area contributed by atoms with Gasteiger partial charge in [0, 0.05) is 16.6 Å². The fourth-order valence-corrected chi connectivity index (χ4v) is 2.59. The third-order valence-corrected chi connectivity index (χ3v) is 3.67. The van der Waals surface area contributed by atoms with Crippen LogP contribution in [0.2, 0.25) is 0 Å². The number of aromatic nitrogens is 1. The average molecular weight is 321 g/mol. The molecule has 0 spiro atoms. The lowest BCUT2D eigenvalue weighted by molar-refractivity contribution is 0.354. The lowest BCUT2D eigenvalue weighted by Crippen LogP contribution is -1.97. The Labute approximate surface area is 140 Å². The molecule has 0 saturated carbocycles. The summed E-state index contributed by atoms with van der Waals surface area (Å²) in [7, 11) is 3.23. The Kier molecular flexibility index (Phi) is 4.61. The molecule has 0 saturated heterocycles. The number of nitrogens with zero attached hydrogens (tertiary/aromatic N) is 2. The zero-order valence-electron chi connectivity index (χ0n) is 13.9. The summed E-state index contributed by atoms with van der Waals surface area (Å²) in [6.45, 7) is 1.96. The van der Waals surface area contributed by atoms with Gasteiger partial charge in [0.25, 0.3) is 0 Å². The Hall–Kier alpha value is -3.08. The Morgan fingerprint density at radius 3 is 2.67 bits per heavy atom. The fraction of sp³-hybridized carbons (Fsp3) is 0.158. The first-order valence-corrected chi connectivity index (χ1v) is 7.59. The van der Waals surface area contributed by atoms with E-state index < -0.39 is 0 Å². The molecule has 0 aliphatic heterocycles. The Morgan fingerprint density at radius 1 is 1.04 bits per heavy atom. The van der Waals surface area contributed by atoms with E-state index in [-0.39, 0.29) is 0 Å². The van der Waals surface area contributed by atoms with E-state index in [9.17, 15) is 0 Å². The van der Waals surface area contributed by atoms with Crippen molar-refractivity contribution in [2.45, 2.75) is 6.92 Å². The molecule has 0 bridgehead atoms. The topological polar surface area (TPSA) is 55.7 Å². The SMILES string of the molecule is COc1cccc(/C=N/Nc2cc(C)nc3ccccc23)c1OC. The molecule has 3 aromatic rings. The highest BCUT2D eigenvalue weighted by molar-refractivity contribution is 5.92. The number of hydrazone groups is 1. The molecule has 24 heavy (non-hydrogen) atoms. The summed E-state index contributed by atoms with van der Waals surface area (Å²) in [5.41, 5.74) is 6.72. The highest BCUT2D eigenvalue weighted by atomic mass is 16.5. The number of para-hydroxylation sites is 2. The van der Waals surface area contributed by atoms with Crippen LogP contribution in [0.25, 0.3) is 10.9 Å². The molecule has 0 amide bonds. The number of methoxy groups -OCH3 is 2. The first-order valence-electron chi connectivity index (χ1n) is 7.59. The minimum absolute atomic E-state index is 0.654. The smallest absolute Gasteiger partial charge is 0.169 e. The summed E-state index contributed by atoms with van der Waals surface area (Å²) in [6.07, 6.45) is 1.71. The van der Waals surface area contributed by atoms with E-state index >= 15 is 0 Å². The third kappa shape index (κ3) is 3.15. The largest absolute Gasteiger partial charge is 0.493 e. The number of hydrogen-bond donors (Lipinski definition) is 1. The maximum Gasteiger partial charge on any atom is 0.169 e. The highest BCUT2D eigenvalue weighted by Crippen LogP contribution is 2.29. The van der Waals surface area contributed by atoms with Crippen molar-refractivity contribution < 1.29 is 9.47 Å². The first-order chi connectivity index (χ1) is 11.7. The van der Waals surface area contributed by atoms with Crippen molar-refractivity contribution in [2.75, 3.05) is 19.6 Å². The predicted molar refractivity (Wildman–Crippen MR) is 97.2 cm³/mol. The van der Waals surface area contributed by atoms with Crippen LogP contribution in [-0.4, -0.2) is 25.4 Å². The average Bonchev–Trinajstić information content (AvgIpc) is 2.61. The number of nitrogens with one attached hydrogen (secondary N) is 1. The Morgan fingerprint density at radius 2 is 1.88 bits per heavy atom. The molecule has 0 aliphatic rings. The van der Waals surface area contributed by atoms with Gasteiger partial charge in [-0.25, -0.2) is 0 Å². The Bertz CT molecular complexity index is 891. The Balaban J connectivity index is 1.90. The van der Waals surface area contributed by atoms with Gasteiger partial charge < -0.3 is 9.47 Å². The van der Waals surface area contributed by atoms with Gasteiger partial charge in [-0.2, -0.15) is 5.10 Å². The molecule has 1 heterocycles. The monoisotopic (exact) mass is 321 g/mol. The van der Waals surface area contributed by atoms with Crippen molar-refractivity contribution >= 4 is 22.8 Å². The number of aryl methyl sites for hydroxylation is 1. The minimum atomic E-state index is 0.654. The van der Waals surface area contributed by atoms with Gasteiger partial charge in [0.2, 0.25) is 0 Å². The number of fused-ring (bicyclic) bond motifs is 1. The van der Waals surface area contributed by atoms with E-state index in [2.05, 4.69) is 15.5 Å². The number of anilines is 1. The number of pyridine rings is 1. The fourth-order valence-electron chi connectivity index (χ4n) is 2.59. The van der Waals surface area contributed by atoms with Crippen LogP contribution in [-0.2, 0) is 0 Å². The maximum atomic E-state index is 5.41. The van der Waals surface area contributed by atoms with Gasteiger partial charge in [0.1, 0.15) is 0 Å². The summed E-state index contributed by atoms with van der Waals surface area (Å²) in [5.74, 6) is 1.33. The number of hydrogen-bond acceptors (Lipinski definition) is 5. The van der Waals surface area contributed by atoms with Gasteiger partial charge in [-0.05, 0) is 31.2 Å². The van der Waals surface area contributed by atoms with Gasteiger partial charge in [0.15, 0.2) is 11.5 Å². The molecule has 1 N–H and O–H groups in total. The van der Waals surface area contributed by atoms with Crippen LogP contribution in [0.5, 0.6) is 11.5 Å². The van der Waals surface area contributed by atoms with E-state index in [1.165, 1.54) is 0 Å². The van der Waals surface area contributed by atoms with Crippen molar-refractivity contribution in [2.24, 2.45) is 5.10 Å². The molecule has 122 valence electrons. The first kappa shape index (κ1) is 15.8. The van der Waals surface area contributed by atoms with E-state index in [0.29, 0.717) is 11.5 Å². The molecule has 0 unspecified atom stereocenters. The minimum Gasteiger partial charge on any atom is -0.493 e. The molecule has 5 heteroatoms. The second-order valence-corrected chi connectivity index (χ2v) is 5.28. The van der Waals surface area contributed by atoms with Crippen molar-refractivity contribution in [1.29, 1.82) is 0 Å². The van der Waals surface area contributed by atoms with Crippen LogP contribution in [0.15, 0.2) is 53.6 Å². The van der Waals surface area contributed by atoms with Gasteiger partial charge in [-0.15, -0.1) is 0 Å². The molecule has 0 atom stereocenters. The quantitative estimate of drug-likeness (QED) is 0.570. The lowest BCUT2D eigenvalue weighted by atomic mass is 10.1. The second-order valence-electron chi connectivity index (χ2n) is 5.28. The zero-order chi connectivity index (χ0) is 16.9. The predicted octanol–water partition coefficient (Wildman–Crippen LogP) is 4.01.